The van der Waals surface area contributed by atoms with Gasteiger partial charge < -0.3 is 10.5 Å². The average Bonchev–Trinajstić information content (AvgIpc) is 2.44. The standard InChI is InChI=1S/C17H19Br2NO/c1-9-8-14(19)11(3)15(17(9)21-4)16(20)12-6-5-7-13(18)10(12)2/h5-8,16H,20H2,1-4H3. The molecule has 0 amide bonds. The van der Waals surface area contributed by atoms with Crippen LogP contribution in [0, 0.1) is 20.8 Å². The van der Waals surface area contributed by atoms with Gasteiger partial charge in [0.2, 0.25) is 0 Å². The van der Waals surface area contributed by atoms with Crippen molar-refractivity contribution < 1.29 is 4.74 Å². The molecule has 0 aromatic heterocycles. The monoisotopic (exact) mass is 411 g/mol. The van der Waals surface area contributed by atoms with Crippen LogP contribution in [-0.4, -0.2) is 7.11 Å². The number of aryl methyl sites for hydroxylation is 1. The molecule has 0 radical (unpaired) electrons. The van der Waals surface area contributed by atoms with E-state index in [0.29, 0.717) is 0 Å². The lowest BCUT2D eigenvalue weighted by Crippen LogP contribution is -2.17. The van der Waals surface area contributed by atoms with E-state index in [1.807, 2.05) is 19.1 Å². The third-order valence-corrected chi connectivity index (χ3v) is 5.55. The van der Waals surface area contributed by atoms with Gasteiger partial charge in [-0.05, 0) is 55.2 Å². The Labute approximate surface area is 143 Å². The number of hydrogen-bond acceptors (Lipinski definition) is 2. The van der Waals surface area contributed by atoms with Crippen molar-refractivity contribution in [1.82, 2.24) is 0 Å². The van der Waals surface area contributed by atoms with Crippen LogP contribution in [0.25, 0.3) is 0 Å². The molecule has 112 valence electrons. The van der Waals surface area contributed by atoms with Crippen molar-refractivity contribution in [2.75, 3.05) is 7.11 Å². The number of rotatable bonds is 3. The van der Waals surface area contributed by atoms with Crippen molar-refractivity contribution in [1.29, 1.82) is 0 Å². The lowest BCUT2D eigenvalue weighted by Gasteiger charge is -2.23. The van der Waals surface area contributed by atoms with Crippen LogP contribution >= 0.6 is 31.9 Å². The van der Waals surface area contributed by atoms with Crippen molar-refractivity contribution in [2.45, 2.75) is 26.8 Å². The first-order valence-electron chi connectivity index (χ1n) is 6.72. The van der Waals surface area contributed by atoms with Crippen LogP contribution in [0.2, 0.25) is 0 Å². The summed E-state index contributed by atoms with van der Waals surface area (Å²) in [5.74, 6) is 0.863. The summed E-state index contributed by atoms with van der Waals surface area (Å²) in [4.78, 5) is 0. The number of hydrogen-bond donors (Lipinski definition) is 1. The number of ether oxygens (including phenoxy) is 1. The Balaban J connectivity index is 2.68. The van der Waals surface area contributed by atoms with Gasteiger partial charge in [0.15, 0.2) is 0 Å². The minimum Gasteiger partial charge on any atom is -0.496 e. The molecule has 0 aliphatic rings. The van der Waals surface area contributed by atoms with Crippen LogP contribution in [0.5, 0.6) is 5.75 Å². The van der Waals surface area contributed by atoms with Gasteiger partial charge in [-0.15, -0.1) is 0 Å². The first-order valence-corrected chi connectivity index (χ1v) is 8.31. The summed E-state index contributed by atoms with van der Waals surface area (Å²) < 4.78 is 7.73. The zero-order valence-electron chi connectivity index (χ0n) is 12.6. The number of nitrogens with two attached hydrogens (primary N) is 1. The van der Waals surface area contributed by atoms with E-state index in [2.05, 4.69) is 57.8 Å². The van der Waals surface area contributed by atoms with Crippen molar-refractivity contribution in [3.05, 3.63) is 61.0 Å². The highest BCUT2D eigenvalue weighted by Gasteiger charge is 2.22. The second-order valence-corrected chi connectivity index (χ2v) is 6.89. The minimum absolute atomic E-state index is 0.228. The van der Waals surface area contributed by atoms with E-state index in [1.54, 1.807) is 7.11 Å². The summed E-state index contributed by atoms with van der Waals surface area (Å²) in [6.07, 6.45) is 0. The lowest BCUT2D eigenvalue weighted by molar-refractivity contribution is 0.404. The predicted molar refractivity (Wildman–Crippen MR) is 95.1 cm³/mol. The molecule has 0 bridgehead atoms. The molecule has 2 aromatic carbocycles. The molecule has 0 aliphatic heterocycles. The first kappa shape index (κ1) is 16.5. The topological polar surface area (TPSA) is 35.2 Å². The summed E-state index contributed by atoms with van der Waals surface area (Å²) in [6.45, 7) is 6.17. The number of benzene rings is 2. The molecule has 0 saturated heterocycles. The molecular formula is C17H19Br2NO. The van der Waals surface area contributed by atoms with Gasteiger partial charge in [0.1, 0.15) is 5.75 Å². The van der Waals surface area contributed by atoms with E-state index in [4.69, 9.17) is 10.5 Å². The Kier molecular flexibility index (Phi) is 5.12. The van der Waals surface area contributed by atoms with Crippen molar-refractivity contribution >= 4 is 31.9 Å². The molecule has 0 spiro atoms. The van der Waals surface area contributed by atoms with Crippen molar-refractivity contribution in [2.24, 2.45) is 5.73 Å². The fourth-order valence-electron chi connectivity index (χ4n) is 2.64. The molecular weight excluding hydrogens is 394 g/mol. The van der Waals surface area contributed by atoms with Crippen LogP contribution in [0.4, 0.5) is 0 Å². The normalized spacial score (nSPS) is 12.3. The van der Waals surface area contributed by atoms with Gasteiger partial charge in [-0.1, -0.05) is 44.0 Å². The Bertz CT molecular complexity index is 683. The Morgan fingerprint density at radius 3 is 2.33 bits per heavy atom. The molecule has 2 aromatic rings. The Hall–Kier alpha value is -0.840. The molecule has 0 aliphatic carbocycles. The summed E-state index contributed by atoms with van der Waals surface area (Å²) in [5, 5.41) is 0. The Morgan fingerprint density at radius 2 is 1.71 bits per heavy atom. The SMILES string of the molecule is COc1c(C)cc(Br)c(C)c1C(N)c1cccc(Br)c1C. The van der Waals surface area contributed by atoms with Gasteiger partial charge in [-0.25, -0.2) is 0 Å². The summed E-state index contributed by atoms with van der Waals surface area (Å²) in [5.41, 5.74) is 12.1. The van der Waals surface area contributed by atoms with Crippen LogP contribution in [0.3, 0.4) is 0 Å². The predicted octanol–water partition coefficient (Wildman–Crippen LogP) is 5.19. The minimum atomic E-state index is -0.228. The highest BCUT2D eigenvalue weighted by molar-refractivity contribution is 9.10. The molecule has 2 rings (SSSR count). The molecule has 1 atom stereocenters. The van der Waals surface area contributed by atoms with E-state index in [1.165, 1.54) is 0 Å². The quantitative estimate of drug-likeness (QED) is 0.752. The fraction of sp³-hybridized carbons (Fsp3) is 0.294. The van der Waals surface area contributed by atoms with Crippen LogP contribution in [-0.2, 0) is 0 Å². The molecule has 0 fully saturated rings. The average molecular weight is 413 g/mol. The Morgan fingerprint density at radius 1 is 1.05 bits per heavy atom. The fourth-order valence-corrected chi connectivity index (χ4v) is 3.58. The van der Waals surface area contributed by atoms with Gasteiger partial charge in [-0.2, -0.15) is 0 Å². The smallest absolute Gasteiger partial charge is 0.127 e. The van der Waals surface area contributed by atoms with E-state index >= 15 is 0 Å². The van der Waals surface area contributed by atoms with Crippen LogP contribution in [0.15, 0.2) is 33.2 Å². The first-order chi connectivity index (χ1) is 9.88. The molecule has 1 unspecified atom stereocenters. The number of halogens is 2. The van der Waals surface area contributed by atoms with E-state index in [-0.39, 0.29) is 6.04 Å². The van der Waals surface area contributed by atoms with Crippen molar-refractivity contribution in [3.8, 4) is 5.75 Å². The van der Waals surface area contributed by atoms with Gasteiger partial charge >= 0.3 is 0 Å². The molecule has 21 heavy (non-hydrogen) atoms. The highest BCUT2D eigenvalue weighted by atomic mass is 79.9. The maximum Gasteiger partial charge on any atom is 0.127 e. The van der Waals surface area contributed by atoms with Gasteiger partial charge in [0.05, 0.1) is 13.2 Å². The van der Waals surface area contributed by atoms with Gasteiger partial charge in [0, 0.05) is 14.5 Å². The maximum atomic E-state index is 6.58. The van der Waals surface area contributed by atoms with Crippen LogP contribution < -0.4 is 10.5 Å². The molecule has 0 heterocycles. The summed E-state index contributed by atoms with van der Waals surface area (Å²) in [7, 11) is 1.69. The molecule has 4 heteroatoms. The van der Waals surface area contributed by atoms with E-state index in [0.717, 1.165) is 42.5 Å². The zero-order valence-corrected chi connectivity index (χ0v) is 15.8. The molecule has 0 saturated carbocycles. The van der Waals surface area contributed by atoms with Gasteiger partial charge in [0.25, 0.3) is 0 Å². The second-order valence-electron chi connectivity index (χ2n) is 5.18. The molecule has 2 N–H and O–H groups in total. The van der Waals surface area contributed by atoms with Crippen molar-refractivity contribution in [3.63, 3.8) is 0 Å². The summed E-state index contributed by atoms with van der Waals surface area (Å²) in [6, 6.07) is 7.95. The largest absolute Gasteiger partial charge is 0.496 e. The second kappa shape index (κ2) is 6.51. The highest BCUT2D eigenvalue weighted by Crippen LogP contribution is 2.39. The van der Waals surface area contributed by atoms with Gasteiger partial charge in [-0.3, -0.25) is 0 Å². The third kappa shape index (κ3) is 3.03. The zero-order chi connectivity index (χ0) is 15.7. The molecule has 2 nitrogen and oxygen atoms in total. The van der Waals surface area contributed by atoms with Crippen LogP contribution in [0.1, 0.15) is 33.9 Å². The number of methoxy groups -OCH3 is 1. The van der Waals surface area contributed by atoms with E-state index < -0.39 is 0 Å². The lowest BCUT2D eigenvalue weighted by atomic mass is 9.91. The third-order valence-electron chi connectivity index (χ3n) is 3.87. The van der Waals surface area contributed by atoms with E-state index in [9.17, 15) is 0 Å². The summed E-state index contributed by atoms with van der Waals surface area (Å²) >= 11 is 7.19. The maximum absolute atomic E-state index is 6.58.